The second-order valence-electron chi connectivity index (χ2n) is 4.57. The molecule has 1 aromatic heterocycles. The van der Waals surface area contributed by atoms with E-state index in [2.05, 4.69) is 24.1 Å². The second kappa shape index (κ2) is 6.23. The monoisotopic (exact) mass is 235 g/mol. The van der Waals surface area contributed by atoms with Crippen LogP contribution in [-0.2, 0) is 0 Å². The van der Waals surface area contributed by atoms with Gasteiger partial charge in [-0.2, -0.15) is 0 Å². The highest BCUT2D eigenvalue weighted by atomic mass is 16.2. The molecule has 0 aromatic carbocycles. The van der Waals surface area contributed by atoms with Gasteiger partial charge in [-0.3, -0.25) is 4.79 Å². The van der Waals surface area contributed by atoms with Gasteiger partial charge < -0.3 is 10.2 Å². The Kier molecular flexibility index (Phi) is 4.94. The third-order valence-corrected chi connectivity index (χ3v) is 2.61. The van der Waals surface area contributed by atoms with Crippen molar-refractivity contribution in [1.29, 1.82) is 0 Å². The SMILES string of the molecule is CNc1cccc(C(=O)N(C)CCC(C)C)n1. The maximum absolute atomic E-state index is 12.1. The first-order chi connectivity index (χ1) is 8.04. The van der Waals surface area contributed by atoms with Crippen LogP contribution >= 0.6 is 0 Å². The van der Waals surface area contributed by atoms with Crippen LogP contribution in [0.5, 0.6) is 0 Å². The molecular weight excluding hydrogens is 214 g/mol. The summed E-state index contributed by atoms with van der Waals surface area (Å²) < 4.78 is 0. The van der Waals surface area contributed by atoms with Crippen LogP contribution in [0.2, 0.25) is 0 Å². The first-order valence-corrected chi connectivity index (χ1v) is 5.95. The molecule has 0 aliphatic heterocycles. The zero-order valence-corrected chi connectivity index (χ0v) is 11.0. The quantitative estimate of drug-likeness (QED) is 0.851. The molecule has 4 nitrogen and oxygen atoms in total. The van der Waals surface area contributed by atoms with Crippen LogP contribution in [0.3, 0.4) is 0 Å². The van der Waals surface area contributed by atoms with E-state index >= 15 is 0 Å². The summed E-state index contributed by atoms with van der Waals surface area (Å²) in [6.07, 6.45) is 1.01. The van der Waals surface area contributed by atoms with Gasteiger partial charge in [0.1, 0.15) is 11.5 Å². The molecule has 0 saturated heterocycles. The lowest BCUT2D eigenvalue weighted by molar-refractivity contribution is 0.0783. The van der Waals surface area contributed by atoms with Gasteiger partial charge in [0.2, 0.25) is 0 Å². The van der Waals surface area contributed by atoms with Crippen molar-refractivity contribution < 1.29 is 4.79 Å². The highest BCUT2D eigenvalue weighted by molar-refractivity contribution is 5.92. The summed E-state index contributed by atoms with van der Waals surface area (Å²) >= 11 is 0. The third kappa shape index (κ3) is 4.06. The average molecular weight is 235 g/mol. The van der Waals surface area contributed by atoms with Gasteiger partial charge in [0.25, 0.3) is 5.91 Å². The molecule has 94 valence electrons. The number of amides is 1. The molecule has 0 bridgehead atoms. The standard InChI is InChI=1S/C13H21N3O/c1-10(2)8-9-16(4)13(17)11-6-5-7-12(14-3)15-11/h5-7,10H,8-9H2,1-4H3,(H,14,15). The molecule has 0 atom stereocenters. The molecule has 0 saturated carbocycles. The number of carbonyl (C=O) groups is 1. The minimum absolute atomic E-state index is 0.0252. The molecule has 1 amide bonds. The summed E-state index contributed by atoms with van der Waals surface area (Å²) in [6, 6.07) is 5.42. The largest absolute Gasteiger partial charge is 0.373 e. The predicted molar refractivity (Wildman–Crippen MR) is 70.2 cm³/mol. The van der Waals surface area contributed by atoms with E-state index in [-0.39, 0.29) is 5.91 Å². The van der Waals surface area contributed by atoms with Gasteiger partial charge >= 0.3 is 0 Å². The highest BCUT2D eigenvalue weighted by Gasteiger charge is 2.13. The molecule has 1 N–H and O–H groups in total. The van der Waals surface area contributed by atoms with Crippen LogP contribution in [0.1, 0.15) is 30.8 Å². The van der Waals surface area contributed by atoms with Crippen molar-refractivity contribution in [2.45, 2.75) is 20.3 Å². The second-order valence-corrected chi connectivity index (χ2v) is 4.57. The van der Waals surface area contributed by atoms with Crippen molar-refractivity contribution in [3.8, 4) is 0 Å². The molecule has 0 unspecified atom stereocenters. The number of carbonyl (C=O) groups excluding carboxylic acids is 1. The maximum Gasteiger partial charge on any atom is 0.272 e. The van der Waals surface area contributed by atoms with Crippen LogP contribution < -0.4 is 5.32 Å². The molecule has 1 aromatic rings. The number of anilines is 1. The van der Waals surface area contributed by atoms with Gasteiger partial charge in [-0.15, -0.1) is 0 Å². The Labute approximate surface area is 103 Å². The van der Waals surface area contributed by atoms with Crippen molar-refractivity contribution in [2.75, 3.05) is 26.0 Å². The van der Waals surface area contributed by atoms with E-state index < -0.39 is 0 Å². The number of hydrogen-bond acceptors (Lipinski definition) is 3. The van der Waals surface area contributed by atoms with Crippen molar-refractivity contribution in [2.24, 2.45) is 5.92 Å². The Morgan fingerprint density at radius 3 is 2.76 bits per heavy atom. The lowest BCUT2D eigenvalue weighted by atomic mass is 10.1. The van der Waals surface area contributed by atoms with E-state index in [1.54, 1.807) is 18.0 Å². The fourth-order valence-corrected chi connectivity index (χ4v) is 1.44. The fourth-order valence-electron chi connectivity index (χ4n) is 1.44. The van der Waals surface area contributed by atoms with Crippen molar-refractivity contribution in [1.82, 2.24) is 9.88 Å². The van der Waals surface area contributed by atoms with Crippen LogP contribution in [-0.4, -0.2) is 36.4 Å². The first kappa shape index (κ1) is 13.5. The van der Waals surface area contributed by atoms with E-state index in [1.807, 2.05) is 19.2 Å². The Hall–Kier alpha value is -1.58. The lowest BCUT2D eigenvalue weighted by Gasteiger charge is -2.18. The molecular formula is C13H21N3O. The van der Waals surface area contributed by atoms with E-state index in [0.29, 0.717) is 17.4 Å². The fraction of sp³-hybridized carbons (Fsp3) is 0.538. The number of aromatic nitrogens is 1. The van der Waals surface area contributed by atoms with Crippen LogP contribution in [0, 0.1) is 5.92 Å². The Morgan fingerprint density at radius 2 is 2.18 bits per heavy atom. The summed E-state index contributed by atoms with van der Waals surface area (Å²) in [4.78, 5) is 18.0. The number of rotatable bonds is 5. The zero-order chi connectivity index (χ0) is 12.8. The molecule has 1 heterocycles. The smallest absolute Gasteiger partial charge is 0.272 e. The van der Waals surface area contributed by atoms with E-state index in [0.717, 1.165) is 13.0 Å². The molecule has 0 spiro atoms. The number of pyridine rings is 1. The first-order valence-electron chi connectivity index (χ1n) is 5.95. The van der Waals surface area contributed by atoms with Gasteiger partial charge in [-0.25, -0.2) is 4.98 Å². The van der Waals surface area contributed by atoms with Gasteiger partial charge in [-0.05, 0) is 24.5 Å². The molecule has 4 heteroatoms. The van der Waals surface area contributed by atoms with Crippen molar-refractivity contribution >= 4 is 11.7 Å². The average Bonchev–Trinajstić information content (AvgIpc) is 2.35. The van der Waals surface area contributed by atoms with Gasteiger partial charge in [0.15, 0.2) is 0 Å². The molecule has 0 aliphatic carbocycles. The number of hydrogen-bond donors (Lipinski definition) is 1. The third-order valence-electron chi connectivity index (χ3n) is 2.61. The molecule has 17 heavy (non-hydrogen) atoms. The van der Waals surface area contributed by atoms with Crippen molar-refractivity contribution in [3.63, 3.8) is 0 Å². The van der Waals surface area contributed by atoms with Crippen LogP contribution in [0.25, 0.3) is 0 Å². The summed E-state index contributed by atoms with van der Waals surface area (Å²) in [5.74, 6) is 1.29. The number of nitrogens with one attached hydrogen (secondary N) is 1. The predicted octanol–water partition coefficient (Wildman–Crippen LogP) is 2.24. The van der Waals surface area contributed by atoms with E-state index in [1.165, 1.54) is 0 Å². The maximum atomic E-state index is 12.1. The molecule has 0 fully saturated rings. The molecule has 1 rings (SSSR count). The minimum atomic E-state index is -0.0252. The summed E-state index contributed by atoms with van der Waals surface area (Å²) in [5, 5.41) is 2.93. The summed E-state index contributed by atoms with van der Waals surface area (Å²) in [6.45, 7) is 5.07. The van der Waals surface area contributed by atoms with E-state index in [9.17, 15) is 4.79 Å². The minimum Gasteiger partial charge on any atom is -0.373 e. The van der Waals surface area contributed by atoms with Crippen LogP contribution in [0.15, 0.2) is 18.2 Å². The molecule has 0 radical (unpaired) electrons. The Bertz CT molecular complexity index is 377. The van der Waals surface area contributed by atoms with Gasteiger partial charge in [0.05, 0.1) is 0 Å². The van der Waals surface area contributed by atoms with Gasteiger partial charge in [0, 0.05) is 20.6 Å². The Morgan fingerprint density at radius 1 is 1.47 bits per heavy atom. The topological polar surface area (TPSA) is 45.2 Å². The zero-order valence-electron chi connectivity index (χ0n) is 11.0. The summed E-state index contributed by atoms with van der Waals surface area (Å²) in [7, 11) is 3.61. The van der Waals surface area contributed by atoms with E-state index in [4.69, 9.17) is 0 Å². The highest BCUT2D eigenvalue weighted by Crippen LogP contribution is 2.08. The summed E-state index contributed by atoms with van der Waals surface area (Å²) in [5.41, 5.74) is 0.489. The number of nitrogens with zero attached hydrogens (tertiary/aromatic N) is 2. The molecule has 0 aliphatic rings. The lowest BCUT2D eigenvalue weighted by Crippen LogP contribution is -2.29. The van der Waals surface area contributed by atoms with Crippen molar-refractivity contribution in [3.05, 3.63) is 23.9 Å². The Balaban J connectivity index is 2.67. The normalized spacial score (nSPS) is 10.4. The van der Waals surface area contributed by atoms with Crippen LogP contribution in [0.4, 0.5) is 5.82 Å². The van der Waals surface area contributed by atoms with Gasteiger partial charge in [-0.1, -0.05) is 19.9 Å².